The van der Waals surface area contributed by atoms with E-state index in [1.165, 1.54) is 3.90 Å². The summed E-state index contributed by atoms with van der Waals surface area (Å²) in [7, 11) is 0. The monoisotopic (exact) mass is 408 g/mol. The topological polar surface area (TPSA) is 0 Å². The number of rotatable bonds is 1. The van der Waals surface area contributed by atoms with Gasteiger partial charge in [0.1, 0.15) is 0 Å². The molecule has 0 rings (SSSR count). The van der Waals surface area contributed by atoms with Crippen molar-refractivity contribution in [3.05, 3.63) is 0 Å². The molecule has 0 aromatic rings. The molecular formula is C3H4W2. The van der Waals surface area contributed by atoms with Crippen molar-refractivity contribution in [2.24, 2.45) is 0 Å². The molecule has 2 heteroatoms. The van der Waals surface area contributed by atoms with E-state index in [0.717, 1.165) is 0 Å². The maximum atomic E-state index is 2.20. The molecule has 0 aromatic carbocycles. The molecule has 0 N–H and O–H groups in total. The van der Waals surface area contributed by atoms with Crippen LogP contribution in [0, 0.1) is 0 Å². The maximum absolute atomic E-state index is 2.20. The molecule has 0 amide bonds. The van der Waals surface area contributed by atoms with Gasteiger partial charge in [0.05, 0.1) is 0 Å². The van der Waals surface area contributed by atoms with Crippen LogP contribution >= 0.6 is 0 Å². The molecule has 0 radical (unpaired) electrons. The van der Waals surface area contributed by atoms with Crippen LogP contribution in [-0.4, -0.2) is 8.30 Å². The van der Waals surface area contributed by atoms with Crippen LogP contribution in [0.25, 0.3) is 0 Å². The van der Waals surface area contributed by atoms with Crippen LogP contribution in [0.2, 0.25) is 0 Å². The van der Waals surface area contributed by atoms with Gasteiger partial charge in [-0.2, -0.15) is 0 Å². The fourth-order valence-electron chi connectivity index (χ4n) is 0. The third-order valence-corrected chi connectivity index (χ3v) is 4.19. The van der Waals surface area contributed by atoms with Gasteiger partial charge in [0.2, 0.25) is 0 Å². The van der Waals surface area contributed by atoms with Crippen LogP contribution in [0.1, 0.15) is 6.92 Å². The van der Waals surface area contributed by atoms with Crippen molar-refractivity contribution in [2.45, 2.75) is 6.92 Å². The molecule has 0 heterocycles. The Hall–Kier alpha value is 1.12. The average molecular weight is 408 g/mol. The van der Waals surface area contributed by atoms with Gasteiger partial charge in [-0.05, 0) is 0 Å². The Balaban J connectivity index is 3.20. The van der Waals surface area contributed by atoms with Crippen molar-refractivity contribution in [2.75, 3.05) is 0 Å². The molecule has 5 heavy (non-hydrogen) atoms. The quantitative estimate of drug-likeness (QED) is 0.577. The Bertz CT molecular complexity index is 55.9. The zero-order valence-electron chi connectivity index (χ0n) is 2.89. The molecule has 0 aliphatic rings. The Labute approximate surface area is 53.8 Å². The van der Waals surface area contributed by atoms with Crippen molar-refractivity contribution in [3.8, 4) is 0 Å². The summed E-state index contributed by atoms with van der Waals surface area (Å²) in [5.74, 6) is 0. The van der Waals surface area contributed by atoms with Crippen LogP contribution in [-0.2, 0) is 38.7 Å². The molecule has 0 bridgehead atoms. The zero-order chi connectivity index (χ0) is 4.28. The van der Waals surface area contributed by atoms with Crippen LogP contribution in [0.4, 0.5) is 0 Å². The molecule has 0 saturated carbocycles. The normalized spacial score (nSPS) is 6.60. The van der Waals surface area contributed by atoms with E-state index in [4.69, 9.17) is 0 Å². The third kappa shape index (κ3) is 5.12. The summed E-state index contributed by atoms with van der Waals surface area (Å²) in [5.41, 5.74) is 0. The van der Waals surface area contributed by atoms with E-state index in [1.807, 2.05) is 0 Å². The Morgan fingerprint density at radius 1 is 1.80 bits per heavy atom. The van der Waals surface area contributed by atoms with Gasteiger partial charge >= 0.3 is 53.9 Å². The fraction of sp³-hybridized carbons (Fsp3) is 0.333. The molecule has 0 fully saturated rings. The third-order valence-electron chi connectivity index (χ3n) is 0.166. The molecule has 0 aliphatic heterocycles. The molecule has 0 aliphatic carbocycles. The van der Waals surface area contributed by atoms with Gasteiger partial charge in [0.15, 0.2) is 0 Å². The Morgan fingerprint density at radius 3 is 2.00 bits per heavy atom. The van der Waals surface area contributed by atoms with Gasteiger partial charge in [-0.25, -0.2) is 0 Å². The second-order valence-electron chi connectivity index (χ2n) is 0.729. The van der Waals surface area contributed by atoms with Crippen LogP contribution in [0.15, 0.2) is 0 Å². The van der Waals surface area contributed by atoms with Crippen LogP contribution in [0.5, 0.6) is 0 Å². The van der Waals surface area contributed by atoms with E-state index in [1.54, 1.807) is 38.7 Å². The van der Waals surface area contributed by atoms with Gasteiger partial charge in [0.25, 0.3) is 0 Å². The molecule has 0 saturated heterocycles. The van der Waals surface area contributed by atoms with Gasteiger partial charge < -0.3 is 0 Å². The van der Waals surface area contributed by atoms with E-state index >= 15 is 0 Å². The first-order chi connectivity index (χ1) is 2.27. The van der Waals surface area contributed by atoms with Crippen molar-refractivity contribution >= 4 is 8.30 Å². The first-order valence-corrected chi connectivity index (χ1v) is 4.39. The number of hydrogen-bond donors (Lipinski definition) is 0. The molecule has 0 atom stereocenters. The molecule has 0 unspecified atom stereocenters. The molecule has 0 aromatic heterocycles. The first kappa shape index (κ1) is 6.12. The van der Waals surface area contributed by atoms with Crippen molar-refractivity contribution in [1.82, 2.24) is 0 Å². The number of hydrogen-bond acceptors (Lipinski definition) is 0. The van der Waals surface area contributed by atoms with E-state index in [-0.39, 0.29) is 0 Å². The van der Waals surface area contributed by atoms with Crippen LogP contribution < -0.4 is 0 Å². The minimum atomic E-state index is 1.50. The van der Waals surface area contributed by atoms with Gasteiger partial charge in [-0.3, -0.25) is 0 Å². The van der Waals surface area contributed by atoms with Gasteiger partial charge in [-0.15, -0.1) is 0 Å². The molecule has 0 nitrogen and oxygen atoms in total. The summed E-state index contributed by atoms with van der Waals surface area (Å²) in [5, 5.41) is 0. The summed E-state index contributed by atoms with van der Waals surface area (Å²) in [6, 6.07) is 0. The summed E-state index contributed by atoms with van der Waals surface area (Å²) in [6.07, 6.45) is 0. The van der Waals surface area contributed by atoms with Gasteiger partial charge in [-0.1, -0.05) is 0 Å². The van der Waals surface area contributed by atoms with Crippen molar-refractivity contribution in [3.63, 3.8) is 0 Å². The predicted molar refractivity (Wildman–Crippen MR) is 16.7 cm³/mol. The second-order valence-corrected chi connectivity index (χ2v) is 3.89. The standard InChI is InChI=1S/C3H4.2W/c1-3-2;;/h1H,2H3;;. The zero-order valence-corrected chi connectivity index (χ0v) is 8.76. The fourth-order valence-corrected chi connectivity index (χ4v) is 0. The summed E-state index contributed by atoms with van der Waals surface area (Å²) < 4.78 is 3.70. The van der Waals surface area contributed by atoms with E-state index in [0.29, 0.717) is 0 Å². The first-order valence-electron chi connectivity index (χ1n) is 1.23. The minimum absolute atomic E-state index is 1.50. The van der Waals surface area contributed by atoms with E-state index < -0.39 is 0 Å². The average Bonchev–Trinajstić information content (AvgIpc) is 1.38. The molecule has 0 spiro atoms. The Kier molecular flexibility index (Phi) is 4.05. The Morgan fingerprint density at radius 2 is 2.00 bits per heavy atom. The summed E-state index contributed by atoms with van der Waals surface area (Å²) in [6.45, 7) is 2.14. The van der Waals surface area contributed by atoms with Crippen molar-refractivity contribution in [1.29, 1.82) is 0 Å². The van der Waals surface area contributed by atoms with Crippen molar-refractivity contribution < 1.29 is 38.7 Å². The molecular weight excluding hydrogens is 404 g/mol. The second kappa shape index (κ2) is 3.31. The summed E-state index contributed by atoms with van der Waals surface area (Å²) in [4.78, 5) is 0. The predicted octanol–water partition coefficient (Wildman–Crippen LogP) is 0.0745. The van der Waals surface area contributed by atoms with E-state index in [9.17, 15) is 0 Å². The van der Waals surface area contributed by atoms with E-state index in [2.05, 4.69) is 11.3 Å². The summed E-state index contributed by atoms with van der Waals surface area (Å²) >= 11 is 3.16. The van der Waals surface area contributed by atoms with Gasteiger partial charge in [0, 0.05) is 0 Å². The van der Waals surface area contributed by atoms with Crippen LogP contribution in [0.3, 0.4) is 0 Å². The molecule has 28 valence electrons. The SMILES string of the molecule is C[C](=[W])[CH]=[W].